The molecule has 5 aliphatic rings. The van der Waals surface area contributed by atoms with Crippen LogP contribution in [0.15, 0.2) is 127 Å². The van der Waals surface area contributed by atoms with Crippen LogP contribution in [0.25, 0.3) is 33.0 Å². The molecule has 0 aromatic heterocycles. The van der Waals surface area contributed by atoms with Crippen LogP contribution in [0.4, 0.5) is 28.4 Å². The molecule has 0 N–H and O–H groups in total. The van der Waals surface area contributed by atoms with Crippen LogP contribution < -0.4 is 20.6 Å². The van der Waals surface area contributed by atoms with Gasteiger partial charge in [-0.25, -0.2) is 0 Å². The standard InChI is InChI=1S/C54H49BN2/c1-51(2)28-29-52(3,4)41-31-33(24-25-37(41)51)57-44-27-26-39-46(35-18-11-12-19-36(35)53(39,5)6)48(44)47-34-17-10-9-16-32(34)30-45-49(47)55(57)42-22-15-21-40-50(42)56(45)43-23-14-13-20-38(43)54(40,7)8/h9-27,30-31H,28-29H2,1-8H3. The van der Waals surface area contributed by atoms with E-state index >= 15 is 0 Å². The minimum Gasteiger partial charge on any atom is -0.376 e. The summed E-state index contributed by atoms with van der Waals surface area (Å²) in [5.41, 5.74) is 23.4. The molecular weight excluding hydrogens is 687 g/mol. The third kappa shape index (κ3) is 4.08. The highest BCUT2D eigenvalue weighted by Gasteiger charge is 2.51. The summed E-state index contributed by atoms with van der Waals surface area (Å²) >= 11 is 0. The summed E-state index contributed by atoms with van der Waals surface area (Å²) in [4.78, 5) is 5.41. The summed E-state index contributed by atoms with van der Waals surface area (Å²) in [5, 5.41) is 2.62. The van der Waals surface area contributed by atoms with Gasteiger partial charge in [0, 0.05) is 39.1 Å². The third-order valence-corrected chi connectivity index (χ3v) is 15.3. The van der Waals surface area contributed by atoms with Crippen molar-refractivity contribution in [3.63, 3.8) is 0 Å². The molecule has 7 aromatic carbocycles. The number of hydrogen-bond donors (Lipinski definition) is 0. The smallest absolute Gasteiger partial charge is 0.333 e. The van der Waals surface area contributed by atoms with E-state index in [4.69, 9.17) is 0 Å². The predicted octanol–water partition coefficient (Wildman–Crippen LogP) is 12.8. The topological polar surface area (TPSA) is 6.48 Å². The molecule has 3 aliphatic heterocycles. The molecule has 3 heterocycles. The van der Waals surface area contributed by atoms with Gasteiger partial charge in [0.05, 0.1) is 5.69 Å². The van der Waals surface area contributed by atoms with Gasteiger partial charge in [0.25, 0.3) is 0 Å². The first-order valence-electron chi connectivity index (χ1n) is 21.1. The zero-order valence-corrected chi connectivity index (χ0v) is 34.5. The van der Waals surface area contributed by atoms with Crippen molar-refractivity contribution in [2.24, 2.45) is 0 Å². The quantitative estimate of drug-likeness (QED) is 0.155. The molecule has 57 heavy (non-hydrogen) atoms. The summed E-state index contributed by atoms with van der Waals surface area (Å²) in [6, 6.07) is 49.7. The van der Waals surface area contributed by atoms with E-state index in [-0.39, 0.29) is 28.5 Å². The molecule has 3 heteroatoms. The van der Waals surface area contributed by atoms with E-state index in [2.05, 4.69) is 192 Å². The van der Waals surface area contributed by atoms with Crippen LogP contribution in [0.2, 0.25) is 0 Å². The fourth-order valence-electron chi connectivity index (χ4n) is 12.1. The van der Waals surface area contributed by atoms with Crippen LogP contribution in [0.3, 0.4) is 0 Å². The minimum absolute atomic E-state index is 0.0279. The Kier molecular flexibility index (Phi) is 6.30. The van der Waals surface area contributed by atoms with Crippen LogP contribution in [0, 0.1) is 0 Å². The molecule has 0 unspecified atom stereocenters. The Hall–Kier alpha value is -5.54. The van der Waals surface area contributed by atoms with Crippen molar-refractivity contribution >= 4 is 57.0 Å². The summed E-state index contributed by atoms with van der Waals surface area (Å²) in [7, 11) is 0. The minimum atomic E-state index is -0.162. The van der Waals surface area contributed by atoms with Gasteiger partial charge in [0.2, 0.25) is 0 Å². The van der Waals surface area contributed by atoms with E-state index in [1.807, 2.05) is 0 Å². The first kappa shape index (κ1) is 33.6. The van der Waals surface area contributed by atoms with Crippen molar-refractivity contribution in [1.82, 2.24) is 0 Å². The van der Waals surface area contributed by atoms with E-state index in [0.29, 0.717) is 0 Å². The largest absolute Gasteiger partial charge is 0.376 e. The molecule has 2 nitrogen and oxygen atoms in total. The molecule has 0 atom stereocenters. The third-order valence-electron chi connectivity index (χ3n) is 15.3. The first-order valence-corrected chi connectivity index (χ1v) is 21.1. The van der Waals surface area contributed by atoms with Crippen LogP contribution >= 0.6 is 0 Å². The number of para-hydroxylation sites is 2. The highest BCUT2D eigenvalue weighted by atomic mass is 15.2. The van der Waals surface area contributed by atoms with E-state index < -0.39 is 0 Å². The Morgan fingerprint density at radius 2 is 1.14 bits per heavy atom. The van der Waals surface area contributed by atoms with Crippen LogP contribution in [0.1, 0.15) is 102 Å². The summed E-state index contributed by atoms with van der Waals surface area (Å²) in [6.07, 6.45) is 2.39. The number of benzene rings is 7. The number of hydrogen-bond acceptors (Lipinski definition) is 2. The van der Waals surface area contributed by atoms with Gasteiger partial charge in [-0.2, -0.15) is 0 Å². The van der Waals surface area contributed by atoms with Gasteiger partial charge in [0.1, 0.15) is 0 Å². The van der Waals surface area contributed by atoms with Gasteiger partial charge in [-0.3, -0.25) is 0 Å². The number of nitrogens with zero attached hydrogens (tertiary/aromatic N) is 2. The zero-order valence-electron chi connectivity index (χ0n) is 34.5. The Labute approximate surface area is 338 Å². The number of rotatable bonds is 1. The molecule has 0 amide bonds. The van der Waals surface area contributed by atoms with E-state index in [1.165, 1.54) is 119 Å². The van der Waals surface area contributed by atoms with Crippen molar-refractivity contribution < 1.29 is 0 Å². The molecule has 7 aromatic rings. The summed E-state index contributed by atoms with van der Waals surface area (Å²) < 4.78 is 0. The number of anilines is 5. The van der Waals surface area contributed by atoms with Gasteiger partial charge in [-0.1, -0.05) is 152 Å². The molecule has 0 radical (unpaired) electrons. The lowest BCUT2D eigenvalue weighted by molar-refractivity contribution is 0.332. The Morgan fingerprint density at radius 1 is 0.474 bits per heavy atom. The molecule has 278 valence electrons. The number of fused-ring (bicyclic) bond motifs is 13. The van der Waals surface area contributed by atoms with Gasteiger partial charge in [-0.05, 0) is 126 Å². The summed E-state index contributed by atoms with van der Waals surface area (Å²) in [5.74, 6) is 0. The predicted molar refractivity (Wildman–Crippen MR) is 243 cm³/mol. The molecule has 0 saturated heterocycles. The van der Waals surface area contributed by atoms with E-state index in [0.717, 1.165) is 0 Å². The van der Waals surface area contributed by atoms with Crippen LogP contribution in [0.5, 0.6) is 0 Å². The lowest BCUT2D eigenvalue weighted by atomic mass is 9.42. The van der Waals surface area contributed by atoms with Crippen molar-refractivity contribution in [2.45, 2.75) is 89.9 Å². The maximum atomic E-state index is 2.77. The van der Waals surface area contributed by atoms with Crippen molar-refractivity contribution in [2.75, 3.05) is 9.71 Å². The summed E-state index contributed by atoms with van der Waals surface area (Å²) in [6.45, 7) is 19.5. The Balaban J connectivity index is 1.27. The van der Waals surface area contributed by atoms with Crippen LogP contribution in [-0.4, -0.2) is 6.85 Å². The molecule has 12 rings (SSSR count). The van der Waals surface area contributed by atoms with E-state index in [9.17, 15) is 0 Å². The molecular formula is C54H49BN2. The van der Waals surface area contributed by atoms with Gasteiger partial charge < -0.3 is 9.71 Å². The molecule has 0 bridgehead atoms. The fourth-order valence-corrected chi connectivity index (χ4v) is 12.1. The highest BCUT2D eigenvalue weighted by Crippen LogP contribution is 2.60. The highest BCUT2D eigenvalue weighted by molar-refractivity contribution is 6.94. The second-order valence-electron chi connectivity index (χ2n) is 19.9. The Morgan fingerprint density at radius 3 is 1.96 bits per heavy atom. The molecule has 2 aliphatic carbocycles. The fraction of sp³-hybridized carbons (Fsp3) is 0.259. The average Bonchev–Trinajstić information content (AvgIpc) is 3.44. The average molecular weight is 737 g/mol. The lowest BCUT2D eigenvalue weighted by Gasteiger charge is -2.51. The molecule has 0 spiro atoms. The zero-order chi connectivity index (χ0) is 39.0. The molecule has 0 fully saturated rings. The van der Waals surface area contributed by atoms with Gasteiger partial charge in [0.15, 0.2) is 0 Å². The maximum Gasteiger partial charge on any atom is 0.333 e. The van der Waals surface area contributed by atoms with Crippen molar-refractivity contribution in [3.8, 4) is 22.3 Å². The SMILES string of the molecule is CC1(C)CCC(C)(C)c2cc(N3B4c5cccc6c5N(c5ccccc5C6(C)C)c5cc6ccccc6c(c54)-c4c3ccc3c4-c4ccccc4C3(C)C)ccc21. The van der Waals surface area contributed by atoms with Crippen molar-refractivity contribution in [3.05, 3.63) is 161 Å². The Bertz CT molecular complexity index is 2940. The second kappa shape index (κ2) is 10.7. The van der Waals surface area contributed by atoms with Gasteiger partial charge in [-0.15, -0.1) is 0 Å². The first-order chi connectivity index (χ1) is 27.3. The second-order valence-corrected chi connectivity index (χ2v) is 19.9. The van der Waals surface area contributed by atoms with Gasteiger partial charge >= 0.3 is 6.85 Å². The normalized spacial score (nSPS) is 18.8. The van der Waals surface area contributed by atoms with E-state index in [1.54, 1.807) is 0 Å². The monoisotopic (exact) mass is 736 g/mol. The van der Waals surface area contributed by atoms with Crippen LogP contribution in [-0.2, 0) is 21.7 Å². The maximum absolute atomic E-state index is 2.77. The van der Waals surface area contributed by atoms with Crippen molar-refractivity contribution in [1.29, 1.82) is 0 Å². The molecule has 0 saturated carbocycles. The lowest BCUT2D eigenvalue weighted by Crippen LogP contribution is -2.62.